The number of rotatable bonds is 2. The van der Waals surface area contributed by atoms with Crippen LogP contribution in [0.5, 0.6) is 0 Å². The predicted octanol–water partition coefficient (Wildman–Crippen LogP) is 6.28. The minimum atomic E-state index is -4.42. The van der Waals surface area contributed by atoms with E-state index in [1.54, 1.807) is 12.4 Å². The van der Waals surface area contributed by atoms with Crippen molar-refractivity contribution in [2.45, 2.75) is 18.8 Å². The quantitative estimate of drug-likeness (QED) is 0.383. The Morgan fingerprint density at radius 3 is 1.41 bits per heavy atom. The van der Waals surface area contributed by atoms with Gasteiger partial charge in [-0.2, -0.15) is 26.3 Å². The molecule has 4 aromatic rings. The Morgan fingerprint density at radius 1 is 0.630 bits per heavy atom. The number of aromatic amines is 2. The van der Waals surface area contributed by atoms with E-state index >= 15 is 0 Å². The molecule has 0 fully saturated rings. The summed E-state index contributed by atoms with van der Waals surface area (Å²) in [5.41, 5.74) is 0.766. The molecule has 2 aromatic carbocycles. The highest BCUT2D eigenvalue weighted by Crippen LogP contribution is 2.34. The summed E-state index contributed by atoms with van der Waals surface area (Å²) >= 11 is 0. The smallest absolute Gasteiger partial charge is 0.361 e. The molecular weight excluding hydrogens is 370 g/mol. The van der Waals surface area contributed by atoms with Gasteiger partial charge in [0.2, 0.25) is 0 Å². The Labute approximate surface area is 148 Å². The zero-order chi connectivity index (χ0) is 19.4. The van der Waals surface area contributed by atoms with Gasteiger partial charge in [-0.25, -0.2) is 0 Å². The Kier molecular flexibility index (Phi) is 3.76. The van der Waals surface area contributed by atoms with Gasteiger partial charge in [0.1, 0.15) is 0 Å². The van der Waals surface area contributed by atoms with Crippen LogP contribution in [0.15, 0.2) is 48.8 Å². The molecule has 0 amide bonds. The lowest BCUT2D eigenvalue weighted by Crippen LogP contribution is -2.04. The monoisotopic (exact) mass is 382 g/mol. The second-order valence-corrected chi connectivity index (χ2v) is 6.32. The van der Waals surface area contributed by atoms with Gasteiger partial charge in [-0.1, -0.05) is 12.1 Å². The highest BCUT2D eigenvalue weighted by atomic mass is 19.4. The first-order valence-corrected chi connectivity index (χ1v) is 7.97. The Hall–Kier alpha value is -2.90. The first-order chi connectivity index (χ1) is 12.6. The van der Waals surface area contributed by atoms with E-state index in [1.807, 2.05) is 0 Å². The SMILES string of the molecule is FC(F)(F)c1ccc2c(Cc3c[nH]c4cc(C(F)(F)F)ccc34)c[nH]c2c1. The van der Waals surface area contributed by atoms with Crippen molar-refractivity contribution in [2.75, 3.05) is 0 Å². The minimum absolute atomic E-state index is 0.360. The van der Waals surface area contributed by atoms with E-state index in [0.29, 0.717) is 28.2 Å². The van der Waals surface area contributed by atoms with Gasteiger partial charge in [-0.15, -0.1) is 0 Å². The van der Waals surface area contributed by atoms with Gasteiger partial charge in [0.25, 0.3) is 0 Å². The van der Waals surface area contributed by atoms with Crippen molar-refractivity contribution in [3.8, 4) is 0 Å². The molecule has 8 heteroatoms. The van der Waals surface area contributed by atoms with E-state index < -0.39 is 23.5 Å². The van der Waals surface area contributed by atoms with Crippen LogP contribution < -0.4 is 0 Å². The molecule has 0 spiro atoms. The van der Waals surface area contributed by atoms with Crippen LogP contribution in [0.1, 0.15) is 22.3 Å². The average molecular weight is 382 g/mol. The molecule has 2 N–H and O–H groups in total. The molecule has 2 nitrogen and oxygen atoms in total. The fourth-order valence-corrected chi connectivity index (χ4v) is 3.22. The number of fused-ring (bicyclic) bond motifs is 2. The fraction of sp³-hybridized carbons (Fsp3) is 0.158. The lowest BCUT2D eigenvalue weighted by molar-refractivity contribution is -0.138. The standard InChI is InChI=1S/C19H12F6N2/c20-18(21,22)12-1-3-14-10(8-26-16(14)6-12)5-11-9-27-17-7-13(19(23,24)25)2-4-15(11)17/h1-4,6-9,26-27H,5H2. The number of halogens is 6. The van der Waals surface area contributed by atoms with Crippen molar-refractivity contribution in [2.24, 2.45) is 0 Å². The van der Waals surface area contributed by atoms with E-state index in [-0.39, 0.29) is 0 Å². The lowest BCUT2D eigenvalue weighted by Gasteiger charge is -2.07. The molecule has 0 saturated carbocycles. The van der Waals surface area contributed by atoms with Crippen LogP contribution in [0.25, 0.3) is 21.8 Å². The summed E-state index contributed by atoms with van der Waals surface area (Å²) in [6.07, 6.45) is -5.24. The molecule has 2 aromatic heterocycles. The molecule has 0 atom stereocenters. The summed E-state index contributed by atoms with van der Waals surface area (Å²) in [4.78, 5) is 5.66. The molecular formula is C19H12F6N2. The topological polar surface area (TPSA) is 31.6 Å². The first-order valence-electron chi connectivity index (χ1n) is 7.97. The number of benzene rings is 2. The van der Waals surface area contributed by atoms with Crippen LogP contribution in [0.4, 0.5) is 26.3 Å². The van der Waals surface area contributed by atoms with Crippen molar-refractivity contribution in [3.63, 3.8) is 0 Å². The van der Waals surface area contributed by atoms with Crippen molar-refractivity contribution in [3.05, 3.63) is 71.0 Å². The molecule has 4 rings (SSSR count). The van der Waals surface area contributed by atoms with Crippen molar-refractivity contribution in [1.82, 2.24) is 9.97 Å². The second kappa shape index (κ2) is 5.80. The second-order valence-electron chi connectivity index (χ2n) is 6.32. The maximum atomic E-state index is 12.8. The molecule has 0 unspecified atom stereocenters. The third-order valence-electron chi connectivity index (χ3n) is 4.57. The molecule has 0 saturated heterocycles. The van der Waals surface area contributed by atoms with Gasteiger partial charge < -0.3 is 9.97 Å². The Bertz CT molecular complexity index is 1040. The summed E-state index contributed by atoms with van der Waals surface area (Å²) in [6, 6.07) is 6.93. The van der Waals surface area contributed by atoms with Crippen molar-refractivity contribution in [1.29, 1.82) is 0 Å². The minimum Gasteiger partial charge on any atom is -0.361 e. The van der Waals surface area contributed by atoms with Crippen molar-refractivity contribution >= 4 is 21.8 Å². The molecule has 2 heterocycles. The van der Waals surface area contributed by atoms with Crippen LogP contribution in [-0.2, 0) is 18.8 Å². The summed E-state index contributed by atoms with van der Waals surface area (Å²) in [5, 5.41) is 1.29. The Balaban J connectivity index is 1.70. The van der Waals surface area contributed by atoms with Gasteiger partial charge >= 0.3 is 12.4 Å². The van der Waals surface area contributed by atoms with Crippen LogP contribution in [-0.4, -0.2) is 9.97 Å². The summed E-state index contributed by atoms with van der Waals surface area (Å²) in [5.74, 6) is 0. The Morgan fingerprint density at radius 2 is 1.04 bits per heavy atom. The average Bonchev–Trinajstić information content (AvgIpc) is 3.17. The number of H-pyrrole nitrogens is 2. The van der Waals surface area contributed by atoms with Gasteiger partial charge in [0.05, 0.1) is 11.1 Å². The zero-order valence-electron chi connectivity index (χ0n) is 13.6. The van der Waals surface area contributed by atoms with E-state index in [4.69, 9.17) is 0 Å². The molecule has 27 heavy (non-hydrogen) atoms. The van der Waals surface area contributed by atoms with Crippen LogP contribution in [0, 0.1) is 0 Å². The van der Waals surface area contributed by atoms with Gasteiger partial charge in [0.15, 0.2) is 0 Å². The summed E-state index contributed by atoms with van der Waals surface area (Å²) < 4.78 is 76.9. The van der Waals surface area contributed by atoms with Crippen LogP contribution in [0.3, 0.4) is 0 Å². The third-order valence-corrected chi connectivity index (χ3v) is 4.57. The zero-order valence-corrected chi connectivity index (χ0v) is 13.6. The number of aromatic nitrogens is 2. The molecule has 0 aliphatic heterocycles. The fourth-order valence-electron chi connectivity index (χ4n) is 3.22. The number of hydrogen-bond donors (Lipinski definition) is 2. The van der Waals surface area contributed by atoms with E-state index in [0.717, 1.165) is 35.4 Å². The molecule has 0 bridgehead atoms. The summed E-state index contributed by atoms with van der Waals surface area (Å²) in [6.45, 7) is 0. The lowest BCUT2D eigenvalue weighted by atomic mass is 10.0. The van der Waals surface area contributed by atoms with Crippen LogP contribution in [0.2, 0.25) is 0 Å². The number of nitrogens with one attached hydrogen (secondary N) is 2. The molecule has 0 aliphatic carbocycles. The highest BCUT2D eigenvalue weighted by Gasteiger charge is 2.31. The maximum Gasteiger partial charge on any atom is 0.416 e. The van der Waals surface area contributed by atoms with Crippen molar-refractivity contribution < 1.29 is 26.3 Å². The largest absolute Gasteiger partial charge is 0.416 e. The van der Waals surface area contributed by atoms with Gasteiger partial charge in [0, 0.05) is 40.6 Å². The maximum absolute atomic E-state index is 12.8. The summed E-state index contributed by atoms with van der Waals surface area (Å²) in [7, 11) is 0. The van der Waals surface area contributed by atoms with E-state index in [1.165, 1.54) is 12.1 Å². The predicted molar refractivity (Wildman–Crippen MR) is 89.4 cm³/mol. The molecule has 0 radical (unpaired) electrons. The third kappa shape index (κ3) is 3.15. The van der Waals surface area contributed by atoms with Gasteiger partial charge in [-0.3, -0.25) is 0 Å². The number of hydrogen-bond acceptors (Lipinski definition) is 0. The number of alkyl halides is 6. The normalized spacial score (nSPS) is 13.0. The van der Waals surface area contributed by atoms with Crippen LogP contribution >= 0.6 is 0 Å². The highest BCUT2D eigenvalue weighted by molar-refractivity contribution is 5.87. The first kappa shape index (κ1) is 17.5. The van der Waals surface area contributed by atoms with E-state index in [2.05, 4.69) is 9.97 Å². The van der Waals surface area contributed by atoms with E-state index in [9.17, 15) is 26.3 Å². The van der Waals surface area contributed by atoms with Gasteiger partial charge in [-0.05, 0) is 35.4 Å². The molecule has 140 valence electrons. The molecule has 0 aliphatic rings.